The average Bonchev–Trinajstić information content (AvgIpc) is 2.48. The third kappa shape index (κ3) is 3.64. The van der Waals surface area contributed by atoms with Gasteiger partial charge in [-0.2, -0.15) is 0 Å². The number of carbonyl (C=O) groups is 1. The molecule has 0 saturated heterocycles. The number of rotatable bonds is 5. The van der Waals surface area contributed by atoms with Gasteiger partial charge in [0, 0.05) is 17.8 Å². The molecule has 4 heteroatoms. The molecule has 22 heavy (non-hydrogen) atoms. The summed E-state index contributed by atoms with van der Waals surface area (Å²) >= 11 is 0. The number of nitrogens with one attached hydrogen (secondary N) is 2. The van der Waals surface area contributed by atoms with Crippen molar-refractivity contribution in [2.45, 2.75) is 39.7 Å². The van der Waals surface area contributed by atoms with Crippen LogP contribution >= 0.6 is 0 Å². The molecule has 0 bridgehead atoms. The summed E-state index contributed by atoms with van der Waals surface area (Å²) in [6.45, 7) is 5.97. The second-order valence-electron chi connectivity index (χ2n) is 5.53. The van der Waals surface area contributed by atoms with Crippen molar-refractivity contribution < 1.29 is 4.79 Å². The first-order valence-corrected chi connectivity index (χ1v) is 7.55. The van der Waals surface area contributed by atoms with Crippen LogP contribution in [0, 0.1) is 13.8 Å². The molecule has 0 saturated carbocycles. The number of H-pyrrole nitrogens is 1. The number of aryl methyl sites for hydroxylation is 2. The maximum absolute atomic E-state index is 12.4. The van der Waals surface area contributed by atoms with Crippen LogP contribution in [0.25, 0.3) is 0 Å². The maximum Gasteiger partial charge on any atom is 0.253 e. The standard InChI is InChI=1S/C18H22N2O2/c1-4-15(14-8-6-5-7-9-14)17(21)19-11-16-12(2)10-13(3)20-18(16)22/h5-10,15H,4,11H2,1-3H3,(H,19,21)(H,20,22). The lowest BCUT2D eigenvalue weighted by atomic mass is 9.95. The molecule has 116 valence electrons. The van der Waals surface area contributed by atoms with Gasteiger partial charge in [0.25, 0.3) is 5.56 Å². The predicted octanol–water partition coefficient (Wildman–Crippen LogP) is 2.80. The molecule has 1 amide bonds. The molecule has 1 atom stereocenters. The molecule has 0 aliphatic heterocycles. The molecule has 2 N–H and O–H groups in total. The van der Waals surface area contributed by atoms with E-state index in [1.807, 2.05) is 57.2 Å². The highest BCUT2D eigenvalue weighted by Gasteiger charge is 2.18. The summed E-state index contributed by atoms with van der Waals surface area (Å²) in [4.78, 5) is 27.2. The number of aromatic amines is 1. The second-order valence-corrected chi connectivity index (χ2v) is 5.53. The second kappa shape index (κ2) is 7.07. The van der Waals surface area contributed by atoms with Gasteiger partial charge in [-0.3, -0.25) is 9.59 Å². The molecule has 1 unspecified atom stereocenters. The van der Waals surface area contributed by atoms with Crippen LogP contribution < -0.4 is 10.9 Å². The van der Waals surface area contributed by atoms with Crippen molar-refractivity contribution in [1.82, 2.24) is 10.3 Å². The van der Waals surface area contributed by atoms with Crippen molar-refractivity contribution >= 4 is 5.91 Å². The number of benzene rings is 1. The van der Waals surface area contributed by atoms with E-state index in [0.29, 0.717) is 5.56 Å². The monoisotopic (exact) mass is 298 g/mol. The van der Waals surface area contributed by atoms with Crippen LogP contribution in [0.4, 0.5) is 0 Å². The van der Waals surface area contributed by atoms with E-state index in [1.54, 1.807) is 0 Å². The van der Waals surface area contributed by atoms with E-state index in [1.165, 1.54) is 0 Å². The van der Waals surface area contributed by atoms with E-state index in [9.17, 15) is 9.59 Å². The van der Waals surface area contributed by atoms with Crippen LogP contribution in [0.15, 0.2) is 41.2 Å². The first kappa shape index (κ1) is 16.0. The van der Waals surface area contributed by atoms with Crippen molar-refractivity contribution in [3.05, 3.63) is 69.1 Å². The molecule has 0 radical (unpaired) electrons. The highest BCUT2D eigenvalue weighted by Crippen LogP contribution is 2.19. The van der Waals surface area contributed by atoms with Crippen LogP contribution in [0.3, 0.4) is 0 Å². The number of pyridine rings is 1. The lowest BCUT2D eigenvalue weighted by molar-refractivity contribution is -0.122. The highest BCUT2D eigenvalue weighted by molar-refractivity contribution is 5.83. The summed E-state index contributed by atoms with van der Waals surface area (Å²) in [6.07, 6.45) is 0.721. The van der Waals surface area contributed by atoms with Gasteiger partial charge in [-0.05, 0) is 37.5 Å². The van der Waals surface area contributed by atoms with Gasteiger partial charge < -0.3 is 10.3 Å². The van der Waals surface area contributed by atoms with E-state index in [-0.39, 0.29) is 23.9 Å². The van der Waals surface area contributed by atoms with Crippen molar-refractivity contribution in [2.24, 2.45) is 0 Å². The molecule has 0 aliphatic rings. The predicted molar refractivity (Wildman–Crippen MR) is 87.9 cm³/mol. The zero-order valence-electron chi connectivity index (χ0n) is 13.3. The molecular weight excluding hydrogens is 276 g/mol. The summed E-state index contributed by atoms with van der Waals surface area (Å²) in [7, 11) is 0. The largest absolute Gasteiger partial charge is 0.351 e. The molecule has 2 aromatic rings. The summed E-state index contributed by atoms with van der Waals surface area (Å²) in [5.41, 5.74) is 3.20. The topological polar surface area (TPSA) is 62.0 Å². The van der Waals surface area contributed by atoms with Crippen molar-refractivity contribution in [1.29, 1.82) is 0 Å². The van der Waals surface area contributed by atoms with Gasteiger partial charge in [0.1, 0.15) is 0 Å². The average molecular weight is 298 g/mol. The van der Waals surface area contributed by atoms with Crippen LogP contribution in [0.5, 0.6) is 0 Å². The van der Waals surface area contributed by atoms with Gasteiger partial charge in [0.05, 0.1) is 5.92 Å². The fourth-order valence-electron chi connectivity index (χ4n) is 2.66. The Morgan fingerprint density at radius 1 is 1.23 bits per heavy atom. The maximum atomic E-state index is 12.4. The molecule has 1 aromatic heterocycles. The fourth-order valence-corrected chi connectivity index (χ4v) is 2.66. The van der Waals surface area contributed by atoms with Crippen LogP contribution in [0.2, 0.25) is 0 Å². The summed E-state index contributed by atoms with van der Waals surface area (Å²) < 4.78 is 0. The zero-order valence-corrected chi connectivity index (χ0v) is 13.3. The van der Waals surface area contributed by atoms with E-state index < -0.39 is 0 Å². The number of hydrogen-bond acceptors (Lipinski definition) is 2. The number of aromatic nitrogens is 1. The molecular formula is C18H22N2O2. The van der Waals surface area contributed by atoms with Crippen molar-refractivity contribution in [2.75, 3.05) is 0 Å². The minimum absolute atomic E-state index is 0.0481. The SMILES string of the molecule is CCC(C(=O)NCc1c(C)cc(C)[nH]c1=O)c1ccccc1. The molecule has 2 rings (SSSR count). The van der Waals surface area contributed by atoms with Gasteiger partial charge in [-0.15, -0.1) is 0 Å². The molecule has 1 aromatic carbocycles. The quantitative estimate of drug-likeness (QED) is 0.891. The lowest BCUT2D eigenvalue weighted by Gasteiger charge is -2.16. The van der Waals surface area contributed by atoms with E-state index in [4.69, 9.17) is 0 Å². The summed E-state index contributed by atoms with van der Waals surface area (Å²) in [5, 5.41) is 2.89. The Bertz CT molecular complexity index is 705. The molecule has 0 spiro atoms. The van der Waals surface area contributed by atoms with Gasteiger partial charge in [-0.25, -0.2) is 0 Å². The van der Waals surface area contributed by atoms with Gasteiger partial charge >= 0.3 is 0 Å². The summed E-state index contributed by atoms with van der Waals surface area (Å²) in [6, 6.07) is 11.6. The minimum Gasteiger partial charge on any atom is -0.351 e. The third-order valence-corrected chi connectivity index (χ3v) is 3.86. The highest BCUT2D eigenvalue weighted by atomic mass is 16.2. The smallest absolute Gasteiger partial charge is 0.253 e. The van der Waals surface area contributed by atoms with E-state index in [0.717, 1.165) is 23.2 Å². The van der Waals surface area contributed by atoms with E-state index >= 15 is 0 Å². The fraction of sp³-hybridized carbons (Fsp3) is 0.333. The Morgan fingerprint density at radius 2 is 1.91 bits per heavy atom. The number of carbonyl (C=O) groups excluding carboxylic acids is 1. The van der Waals surface area contributed by atoms with Gasteiger partial charge in [0.2, 0.25) is 5.91 Å². The lowest BCUT2D eigenvalue weighted by Crippen LogP contribution is -2.31. The van der Waals surface area contributed by atoms with Gasteiger partial charge in [-0.1, -0.05) is 37.3 Å². The Labute approximate surface area is 130 Å². The Hall–Kier alpha value is -2.36. The Kier molecular flexibility index (Phi) is 5.15. The molecule has 0 fully saturated rings. The third-order valence-electron chi connectivity index (χ3n) is 3.86. The zero-order chi connectivity index (χ0) is 16.1. The van der Waals surface area contributed by atoms with Crippen molar-refractivity contribution in [3.63, 3.8) is 0 Å². The molecule has 4 nitrogen and oxygen atoms in total. The minimum atomic E-state index is -0.189. The normalized spacial score (nSPS) is 12.0. The summed E-state index contributed by atoms with van der Waals surface area (Å²) in [5.74, 6) is -0.237. The Balaban J connectivity index is 2.11. The van der Waals surface area contributed by atoms with E-state index in [2.05, 4.69) is 10.3 Å². The van der Waals surface area contributed by atoms with Gasteiger partial charge in [0.15, 0.2) is 0 Å². The number of amides is 1. The van der Waals surface area contributed by atoms with Crippen LogP contribution in [0.1, 0.15) is 41.6 Å². The first-order valence-electron chi connectivity index (χ1n) is 7.55. The van der Waals surface area contributed by atoms with Crippen molar-refractivity contribution in [3.8, 4) is 0 Å². The van der Waals surface area contributed by atoms with Crippen LogP contribution in [-0.4, -0.2) is 10.9 Å². The van der Waals surface area contributed by atoms with Crippen LogP contribution in [-0.2, 0) is 11.3 Å². The Morgan fingerprint density at radius 3 is 2.50 bits per heavy atom. The molecule has 1 heterocycles. The first-order chi connectivity index (χ1) is 10.5. The number of hydrogen-bond donors (Lipinski definition) is 2. The molecule has 0 aliphatic carbocycles.